The number of hydrogen-bond acceptors (Lipinski definition) is 5. The molecule has 27 heavy (non-hydrogen) atoms. The second-order valence-corrected chi connectivity index (χ2v) is 7.28. The van der Waals surface area contributed by atoms with Crippen LogP contribution in [0.25, 0.3) is 22.6 Å². The predicted octanol–water partition coefficient (Wildman–Crippen LogP) is 3.64. The molecule has 3 aromatic heterocycles. The molecule has 0 atom stereocenters. The van der Waals surface area contributed by atoms with Crippen LogP contribution in [0.4, 0.5) is 5.69 Å². The summed E-state index contributed by atoms with van der Waals surface area (Å²) in [5, 5.41) is 0. The zero-order chi connectivity index (χ0) is 18.1. The maximum atomic E-state index is 5.45. The number of nitrogens with one attached hydrogen (secondary N) is 1. The number of H-pyrrole nitrogens is 1. The molecule has 4 heterocycles. The van der Waals surface area contributed by atoms with E-state index in [9.17, 15) is 0 Å². The standard InChI is InChI=1S/C21H23N5O/c1-2-15(3-1)20-14-24-21(25-20)19-11-16(4-5-23-19)17-10-18(13-22-12-17)26-6-8-27-9-7-26/h4-5,10-15H,1-3,6-9H2,(H,24,25). The Kier molecular flexibility index (Phi) is 4.33. The van der Waals surface area contributed by atoms with Crippen LogP contribution in [0.15, 0.2) is 43.0 Å². The van der Waals surface area contributed by atoms with Crippen LogP contribution < -0.4 is 4.90 Å². The fourth-order valence-electron chi connectivity index (χ4n) is 3.71. The number of rotatable bonds is 4. The van der Waals surface area contributed by atoms with Gasteiger partial charge in [-0.1, -0.05) is 6.42 Å². The van der Waals surface area contributed by atoms with Crippen molar-refractivity contribution in [1.29, 1.82) is 0 Å². The van der Waals surface area contributed by atoms with Gasteiger partial charge in [-0.05, 0) is 36.6 Å². The second-order valence-electron chi connectivity index (χ2n) is 7.28. The fourth-order valence-corrected chi connectivity index (χ4v) is 3.71. The number of morpholine rings is 1. The molecule has 6 nitrogen and oxygen atoms in total. The Bertz CT molecular complexity index is 928. The molecular formula is C21H23N5O. The molecule has 1 aliphatic carbocycles. The molecule has 1 saturated carbocycles. The lowest BCUT2D eigenvalue weighted by atomic mass is 9.83. The van der Waals surface area contributed by atoms with Crippen LogP contribution in [0.2, 0.25) is 0 Å². The molecule has 0 bridgehead atoms. The number of nitrogens with zero attached hydrogens (tertiary/aromatic N) is 4. The third-order valence-electron chi connectivity index (χ3n) is 5.58. The van der Waals surface area contributed by atoms with Crippen molar-refractivity contribution in [2.24, 2.45) is 0 Å². The van der Waals surface area contributed by atoms with Crippen molar-refractivity contribution in [3.8, 4) is 22.6 Å². The minimum absolute atomic E-state index is 0.642. The van der Waals surface area contributed by atoms with Crippen LogP contribution in [0.5, 0.6) is 0 Å². The second kappa shape index (κ2) is 7.12. The van der Waals surface area contributed by atoms with Gasteiger partial charge < -0.3 is 14.6 Å². The zero-order valence-corrected chi connectivity index (χ0v) is 15.3. The van der Waals surface area contributed by atoms with E-state index in [1.807, 2.05) is 30.9 Å². The molecule has 1 N–H and O–H groups in total. The van der Waals surface area contributed by atoms with Gasteiger partial charge in [0, 0.05) is 48.9 Å². The summed E-state index contributed by atoms with van der Waals surface area (Å²) in [7, 11) is 0. The van der Waals surface area contributed by atoms with Gasteiger partial charge in [0.1, 0.15) is 5.69 Å². The Balaban J connectivity index is 1.42. The molecular weight excluding hydrogens is 338 g/mol. The van der Waals surface area contributed by atoms with Crippen LogP contribution in [-0.2, 0) is 4.74 Å². The summed E-state index contributed by atoms with van der Waals surface area (Å²) in [6.07, 6.45) is 11.5. The van der Waals surface area contributed by atoms with Gasteiger partial charge in [0.05, 0.1) is 25.1 Å². The molecule has 138 valence electrons. The lowest BCUT2D eigenvalue weighted by molar-refractivity contribution is 0.122. The van der Waals surface area contributed by atoms with E-state index in [0.29, 0.717) is 5.92 Å². The third-order valence-corrected chi connectivity index (χ3v) is 5.58. The van der Waals surface area contributed by atoms with Crippen molar-refractivity contribution >= 4 is 5.69 Å². The first kappa shape index (κ1) is 16.4. The minimum atomic E-state index is 0.642. The molecule has 5 rings (SSSR count). The number of hydrogen-bond donors (Lipinski definition) is 1. The number of pyridine rings is 2. The van der Waals surface area contributed by atoms with E-state index in [4.69, 9.17) is 4.74 Å². The van der Waals surface area contributed by atoms with Crippen molar-refractivity contribution < 1.29 is 4.74 Å². The molecule has 0 amide bonds. The number of imidazole rings is 1. The Hall–Kier alpha value is -2.73. The van der Waals surface area contributed by atoms with Crippen molar-refractivity contribution in [1.82, 2.24) is 19.9 Å². The van der Waals surface area contributed by atoms with Crippen molar-refractivity contribution in [3.05, 3.63) is 48.7 Å². The summed E-state index contributed by atoms with van der Waals surface area (Å²) in [5.41, 5.74) is 5.44. The molecule has 0 aromatic carbocycles. The van der Waals surface area contributed by atoms with Crippen molar-refractivity contribution in [3.63, 3.8) is 0 Å². The molecule has 2 aliphatic rings. The Morgan fingerprint density at radius 1 is 1.00 bits per heavy atom. The Labute approximate surface area is 158 Å². The summed E-state index contributed by atoms with van der Waals surface area (Å²) in [4.78, 5) is 19.3. The average molecular weight is 361 g/mol. The summed E-state index contributed by atoms with van der Waals surface area (Å²) < 4.78 is 5.45. The summed E-state index contributed by atoms with van der Waals surface area (Å²) in [6, 6.07) is 6.31. The lowest BCUT2D eigenvalue weighted by Gasteiger charge is -2.28. The minimum Gasteiger partial charge on any atom is -0.378 e. The van der Waals surface area contributed by atoms with Crippen LogP contribution in [-0.4, -0.2) is 46.2 Å². The summed E-state index contributed by atoms with van der Waals surface area (Å²) in [6.45, 7) is 3.35. The molecule has 3 aromatic rings. The highest BCUT2D eigenvalue weighted by molar-refractivity contribution is 5.70. The van der Waals surface area contributed by atoms with Crippen molar-refractivity contribution in [2.45, 2.75) is 25.2 Å². The Morgan fingerprint density at radius 2 is 1.89 bits per heavy atom. The maximum absolute atomic E-state index is 5.45. The predicted molar refractivity (Wildman–Crippen MR) is 105 cm³/mol. The van der Waals surface area contributed by atoms with Crippen LogP contribution in [0, 0.1) is 0 Å². The SMILES string of the molecule is c1cc(-c2cncc(N3CCOCC3)c2)cc(-c2ncc(C3CCC3)[nH]2)n1. The molecule has 0 spiro atoms. The highest BCUT2D eigenvalue weighted by Gasteiger charge is 2.22. The third kappa shape index (κ3) is 3.32. The van der Waals surface area contributed by atoms with Gasteiger partial charge in [0.15, 0.2) is 5.82 Å². The molecule has 1 aliphatic heterocycles. The highest BCUT2D eigenvalue weighted by atomic mass is 16.5. The number of aromatic nitrogens is 4. The quantitative estimate of drug-likeness (QED) is 0.768. The van der Waals surface area contributed by atoms with Crippen LogP contribution in [0.3, 0.4) is 0 Å². The summed E-state index contributed by atoms with van der Waals surface area (Å²) in [5.74, 6) is 1.49. The maximum Gasteiger partial charge on any atom is 0.156 e. The first-order valence-electron chi connectivity index (χ1n) is 9.66. The summed E-state index contributed by atoms with van der Waals surface area (Å²) >= 11 is 0. The fraction of sp³-hybridized carbons (Fsp3) is 0.381. The molecule has 2 fully saturated rings. The van der Waals surface area contributed by atoms with Gasteiger partial charge >= 0.3 is 0 Å². The van der Waals surface area contributed by atoms with E-state index in [0.717, 1.165) is 54.6 Å². The van der Waals surface area contributed by atoms with Crippen molar-refractivity contribution in [2.75, 3.05) is 31.2 Å². The average Bonchev–Trinajstić information content (AvgIpc) is 3.17. The number of ether oxygens (including phenoxy) is 1. The van der Waals surface area contributed by atoms with E-state index in [1.165, 1.54) is 25.0 Å². The van der Waals surface area contributed by atoms with Gasteiger partial charge in [-0.3, -0.25) is 9.97 Å². The normalized spacial score (nSPS) is 17.7. The van der Waals surface area contributed by atoms with Gasteiger partial charge in [-0.2, -0.15) is 0 Å². The topological polar surface area (TPSA) is 66.9 Å². The van der Waals surface area contributed by atoms with Gasteiger partial charge in [-0.15, -0.1) is 0 Å². The van der Waals surface area contributed by atoms with E-state index in [-0.39, 0.29) is 0 Å². The monoisotopic (exact) mass is 361 g/mol. The van der Waals surface area contributed by atoms with Gasteiger partial charge in [0.25, 0.3) is 0 Å². The Morgan fingerprint density at radius 3 is 2.70 bits per heavy atom. The zero-order valence-electron chi connectivity index (χ0n) is 15.3. The van der Waals surface area contributed by atoms with Crippen LogP contribution >= 0.6 is 0 Å². The highest BCUT2D eigenvalue weighted by Crippen LogP contribution is 2.36. The van der Waals surface area contributed by atoms with E-state index < -0.39 is 0 Å². The first-order chi connectivity index (χ1) is 13.4. The van der Waals surface area contributed by atoms with E-state index >= 15 is 0 Å². The smallest absolute Gasteiger partial charge is 0.156 e. The molecule has 0 radical (unpaired) electrons. The number of aromatic amines is 1. The van der Waals surface area contributed by atoms with E-state index in [1.54, 1.807) is 0 Å². The molecule has 1 saturated heterocycles. The van der Waals surface area contributed by atoms with Gasteiger partial charge in [-0.25, -0.2) is 4.98 Å². The van der Waals surface area contributed by atoms with Crippen LogP contribution in [0.1, 0.15) is 30.9 Å². The van der Waals surface area contributed by atoms with Gasteiger partial charge in [0.2, 0.25) is 0 Å². The van der Waals surface area contributed by atoms with E-state index in [2.05, 4.69) is 37.0 Å². The molecule has 0 unspecified atom stereocenters. The lowest BCUT2D eigenvalue weighted by Crippen LogP contribution is -2.36. The first-order valence-corrected chi connectivity index (χ1v) is 9.66. The molecule has 6 heteroatoms. The number of anilines is 1. The largest absolute Gasteiger partial charge is 0.378 e.